The van der Waals surface area contributed by atoms with E-state index in [2.05, 4.69) is 25.7 Å². The normalized spacial score (nSPS) is 20.2. The Balaban J connectivity index is 2.52. The van der Waals surface area contributed by atoms with Gasteiger partial charge in [0.05, 0.1) is 38.5 Å². The van der Waals surface area contributed by atoms with Crippen LogP contribution in [0.3, 0.4) is 0 Å². The first kappa shape index (κ1) is 30.9. The summed E-state index contributed by atoms with van der Waals surface area (Å²) in [5, 5.41) is 9.98. The van der Waals surface area contributed by atoms with Crippen molar-refractivity contribution in [2.45, 2.75) is 123 Å². The molecule has 0 amide bonds. The third-order valence-corrected chi connectivity index (χ3v) is 6.48. The van der Waals surface area contributed by atoms with Crippen molar-refractivity contribution in [2.75, 3.05) is 46.2 Å². The highest BCUT2D eigenvalue weighted by Gasteiger charge is 2.33. The molecule has 0 spiro atoms. The van der Waals surface area contributed by atoms with Crippen molar-refractivity contribution in [2.24, 2.45) is 0 Å². The summed E-state index contributed by atoms with van der Waals surface area (Å²) in [7, 11) is -1.17. The first-order chi connectivity index (χ1) is 16.2. The van der Waals surface area contributed by atoms with Crippen LogP contribution in [0.5, 0.6) is 0 Å². The minimum atomic E-state index is -1.17. The Labute approximate surface area is 205 Å². The van der Waals surface area contributed by atoms with Crippen molar-refractivity contribution in [3.8, 4) is 0 Å². The van der Waals surface area contributed by atoms with Crippen LogP contribution in [0.1, 0.15) is 111 Å². The van der Waals surface area contributed by atoms with Crippen LogP contribution >= 0.6 is 0 Å². The molecule has 1 aliphatic rings. The second-order valence-corrected chi connectivity index (χ2v) is 9.56. The highest BCUT2D eigenvalue weighted by atomic mass is 16.7. The molecule has 1 fully saturated rings. The number of hydrogen-bond acceptors (Lipinski definition) is 6. The van der Waals surface area contributed by atoms with Crippen molar-refractivity contribution in [1.82, 2.24) is 4.90 Å². The Kier molecular flexibility index (Phi) is 20.8. The van der Waals surface area contributed by atoms with Gasteiger partial charge in [-0.25, -0.2) is 0 Å². The van der Waals surface area contributed by atoms with E-state index in [1.165, 1.54) is 57.8 Å². The van der Waals surface area contributed by atoms with Crippen LogP contribution in [0.25, 0.3) is 0 Å². The van der Waals surface area contributed by atoms with Gasteiger partial charge in [-0.2, -0.15) is 0 Å². The van der Waals surface area contributed by atoms with Crippen LogP contribution in [0.15, 0.2) is 0 Å². The van der Waals surface area contributed by atoms with E-state index >= 15 is 0 Å². The topological polar surface area (TPSA) is 60.4 Å². The van der Waals surface area contributed by atoms with Crippen LogP contribution in [0.2, 0.25) is 0 Å². The summed E-state index contributed by atoms with van der Waals surface area (Å²) in [5.41, 5.74) is 0. The molecule has 0 aliphatic carbocycles. The van der Waals surface area contributed by atoms with Gasteiger partial charge in [-0.1, -0.05) is 91.4 Å². The predicted molar refractivity (Wildman–Crippen MR) is 137 cm³/mol. The third kappa shape index (κ3) is 16.2. The first-order valence-corrected chi connectivity index (χ1v) is 14.0. The van der Waals surface area contributed by atoms with Gasteiger partial charge in [0.1, 0.15) is 0 Å². The van der Waals surface area contributed by atoms with Gasteiger partial charge >= 0.3 is 7.32 Å². The zero-order valence-electron chi connectivity index (χ0n) is 22.1. The summed E-state index contributed by atoms with van der Waals surface area (Å²) < 4.78 is 23.1. The van der Waals surface area contributed by atoms with Crippen molar-refractivity contribution >= 4 is 7.32 Å². The van der Waals surface area contributed by atoms with Crippen LogP contribution in [-0.2, 0) is 18.8 Å². The molecular weight excluding hydrogens is 417 g/mol. The average molecular weight is 472 g/mol. The van der Waals surface area contributed by atoms with Crippen molar-refractivity contribution in [3.63, 3.8) is 0 Å². The molecule has 1 aliphatic heterocycles. The lowest BCUT2D eigenvalue weighted by atomic mass is 10.1. The van der Waals surface area contributed by atoms with E-state index in [0.29, 0.717) is 26.4 Å². The molecule has 2 unspecified atom stereocenters. The highest BCUT2D eigenvalue weighted by Crippen LogP contribution is 2.17. The molecule has 2 atom stereocenters. The number of ether oxygens (including phenoxy) is 2. The minimum Gasteiger partial charge on any atom is -0.402 e. The standard InChI is InChI=1S/C26H54BNO5/c1-4-7-10-11-12-13-14-15-16-17-18-28-25(21-30-19-8-5-2)23-32-27(29)33-24-26(28)22-31-20-9-6-3/h25-26,29H,4-24H2,1-3H3. The zero-order chi connectivity index (χ0) is 24.0. The monoisotopic (exact) mass is 471 g/mol. The maximum atomic E-state index is 9.98. The van der Waals surface area contributed by atoms with E-state index < -0.39 is 7.32 Å². The maximum Gasteiger partial charge on any atom is 0.636 e. The predicted octanol–water partition coefficient (Wildman–Crippen LogP) is 5.60. The summed E-state index contributed by atoms with van der Waals surface area (Å²) in [6, 6.07) is 0.220. The smallest absolute Gasteiger partial charge is 0.402 e. The average Bonchev–Trinajstić information content (AvgIpc) is 2.81. The van der Waals surface area contributed by atoms with Crippen LogP contribution in [-0.4, -0.2) is 75.5 Å². The Hall–Kier alpha value is -0.175. The molecule has 196 valence electrons. The van der Waals surface area contributed by atoms with Crippen molar-refractivity contribution < 1.29 is 23.8 Å². The van der Waals surface area contributed by atoms with Crippen molar-refractivity contribution in [3.05, 3.63) is 0 Å². The van der Waals surface area contributed by atoms with Gasteiger partial charge in [0.15, 0.2) is 0 Å². The molecule has 1 heterocycles. The molecule has 7 heteroatoms. The number of unbranched alkanes of at least 4 members (excludes halogenated alkanes) is 11. The minimum absolute atomic E-state index is 0.110. The molecule has 1 saturated heterocycles. The number of nitrogens with zero attached hydrogens (tertiary/aromatic N) is 1. The van der Waals surface area contributed by atoms with Gasteiger partial charge in [0.25, 0.3) is 0 Å². The molecule has 1 rings (SSSR count). The lowest BCUT2D eigenvalue weighted by Crippen LogP contribution is -2.55. The SMILES string of the molecule is CCCCCCCCCCCCN1C(COCCCC)COB(O)OCC1COCCCC. The molecule has 33 heavy (non-hydrogen) atoms. The number of hydrogen-bond donors (Lipinski definition) is 1. The van der Waals surface area contributed by atoms with Gasteiger partial charge in [0.2, 0.25) is 0 Å². The van der Waals surface area contributed by atoms with Crippen LogP contribution in [0, 0.1) is 0 Å². The van der Waals surface area contributed by atoms with Crippen molar-refractivity contribution in [1.29, 1.82) is 0 Å². The molecule has 0 saturated carbocycles. The molecule has 0 bridgehead atoms. The fourth-order valence-corrected chi connectivity index (χ4v) is 4.29. The van der Waals surface area contributed by atoms with E-state index in [9.17, 15) is 5.02 Å². The Morgan fingerprint density at radius 2 is 1.09 bits per heavy atom. The lowest BCUT2D eigenvalue weighted by molar-refractivity contribution is -0.0548. The molecule has 1 N–H and O–H groups in total. The Morgan fingerprint density at radius 3 is 1.55 bits per heavy atom. The molecule has 0 aromatic carbocycles. The van der Waals surface area contributed by atoms with Gasteiger partial charge in [0, 0.05) is 13.2 Å². The first-order valence-electron chi connectivity index (χ1n) is 14.0. The fourth-order valence-electron chi connectivity index (χ4n) is 4.29. The van der Waals surface area contributed by atoms with E-state index in [4.69, 9.17) is 18.8 Å². The van der Waals surface area contributed by atoms with Crippen LogP contribution in [0.4, 0.5) is 0 Å². The van der Waals surface area contributed by atoms with Gasteiger partial charge in [-0.05, 0) is 25.8 Å². The lowest BCUT2D eigenvalue weighted by Gasteiger charge is -2.39. The van der Waals surface area contributed by atoms with E-state index in [-0.39, 0.29) is 12.1 Å². The second-order valence-electron chi connectivity index (χ2n) is 9.56. The summed E-state index contributed by atoms with van der Waals surface area (Å²) >= 11 is 0. The second kappa shape index (κ2) is 22.3. The van der Waals surface area contributed by atoms with Crippen LogP contribution < -0.4 is 0 Å². The third-order valence-electron chi connectivity index (χ3n) is 6.48. The van der Waals surface area contributed by atoms with E-state index in [1.54, 1.807) is 0 Å². The molecule has 0 aromatic rings. The fraction of sp³-hybridized carbons (Fsp3) is 1.00. The highest BCUT2D eigenvalue weighted by molar-refractivity contribution is 6.34. The van der Waals surface area contributed by atoms with E-state index in [1.807, 2.05) is 0 Å². The molecular formula is C26H54BNO5. The summed E-state index contributed by atoms with van der Waals surface area (Å²) in [5.74, 6) is 0. The molecule has 6 nitrogen and oxygen atoms in total. The summed E-state index contributed by atoms with van der Waals surface area (Å²) in [6.07, 6.45) is 17.7. The van der Waals surface area contributed by atoms with E-state index in [0.717, 1.165) is 51.9 Å². The number of rotatable bonds is 21. The Morgan fingerprint density at radius 1 is 0.667 bits per heavy atom. The van der Waals surface area contributed by atoms with Gasteiger partial charge in [-0.3, -0.25) is 4.90 Å². The summed E-state index contributed by atoms with van der Waals surface area (Å²) in [4.78, 5) is 2.47. The Bertz CT molecular complexity index is 394. The maximum absolute atomic E-state index is 9.98. The molecule has 0 aromatic heterocycles. The zero-order valence-corrected chi connectivity index (χ0v) is 22.1. The molecule has 0 radical (unpaired) electrons. The largest absolute Gasteiger partial charge is 0.636 e. The van der Waals surface area contributed by atoms with Gasteiger partial charge in [-0.15, -0.1) is 0 Å². The van der Waals surface area contributed by atoms with Gasteiger partial charge < -0.3 is 23.8 Å². The summed E-state index contributed by atoms with van der Waals surface area (Å²) in [6.45, 7) is 11.2. The quantitative estimate of drug-likeness (QED) is 0.174.